The number of hydrogen-bond acceptors (Lipinski definition) is 5. The van der Waals surface area contributed by atoms with Crippen molar-refractivity contribution >= 4 is 17.7 Å². The third-order valence-electron chi connectivity index (χ3n) is 6.84. The molecule has 7 heteroatoms. The number of piperidine rings is 1. The van der Waals surface area contributed by atoms with Crippen LogP contribution >= 0.6 is 0 Å². The highest BCUT2D eigenvalue weighted by atomic mass is 16.2. The number of benzene rings is 1. The maximum atomic E-state index is 12.9. The van der Waals surface area contributed by atoms with Crippen molar-refractivity contribution in [2.75, 3.05) is 0 Å². The second kappa shape index (κ2) is 8.82. The topological polar surface area (TPSA) is 91.4 Å². The fourth-order valence-corrected chi connectivity index (χ4v) is 5.04. The number of imide groups is 1. The van der Waals surface area contributed by atoms with Crippen molar-refractivity contribution in [2.45, 2.75) is 70.1 Å². The van der Waals surface area contributed by atoms with Crippen molar-refractivity contribution in [2.24, 2.45) is 0 Å². The quantitative estimate of drug-likeness (QED) is 0.709. The Bertz CT molecular complexity index is 1060. The number of hydrogen-bond donors (Lipinski definition) is 2. The molecule has 1 saturated heterocycles. The third-order valence-corrected chi connectivity index (χ3v) is 6.84. The van der Waals surface area contributed by atoms with Crippen LogP contribution in [0.5, 0.6) is 0 Å². The molecule has 1 aromatic carbocycles. The van der Waals surface area contributed by atoms with Crippen molar-refractivity contribution in [3.63, 3.8) is 0 Å². The zero-order valence-electron chi connectivity index (χ0n) is 18.1. The smallest absolute Gasteiger partial charge is 0.255 e. The number of pyridine rings is 1. The standard InChI is InChI=1S/C25H28N4O3/c30-23-9-8-22(24(31)28-23)29-15-18-13-17(6-7-20(18)25(29)32)21-12-16(10-11-26-21)14-27-19-4-2-1-3-5-19/h6-7,10-13,19,22,27H,1-5,8-9,14-15H2,(H,28,30,31). The van der Waals surface area contributed by atoms with Crippen LogP contribution in [0.4, 0.5) is 0 Å². The van der Waals surface area contributed by atoms with Gasteiger partial charge in [0, 0.05) is 42.9 Å². The zero-order valence-corrected chi connectivity index (χ0v) is 18.1. The fraction of sp³-hybridized carbons (Fsp3) is 0.440. The van der Waals surface area contributed by atoms with Gasteiger partial charge in [0.15, 0.2) is 0 Å². The van der Waals surface area contributed by atoms with Crippen LogP contribution in [0.2, 0.25) is 0 Å². The summed E-state index contributed by atoms with van der Waals surface area (Å²) < 4.78 is 0. The minimum Gasteiger partial charge on any atom is -0.322 e. The van der Waals surface area contributed by atoms with E-state index in [4.69, 9.17) is 0 Å². The molecule has 1 aliphatic carbocycles. The lowest BCUT2D eigenvalue weighted by molar-refractivity contribution is -0.136. The molecule has 1 unspecified atom stereocenters. The number of carbonyl (C=O) groups is 3. The van der Waals surface area contributed by atoms with Crippen molar-refractivity contribution < 1.29 is 14.4 Å². The van der Waals surface area contributed by atoms with Gasteiger partial charge in [-0.3, -0.25) is 24.7 Å². The molecule has 1 aromatic heterocycles. The summed E-state index contributed by atoms with van der Waals surface area (Å²) >= 11 is 0. The van der Waals surface area contributed by atoms with Crippen LogP contribution in [0.15, 0.2) is 36.5 Å². The maximum absolute atomic E-state index is 12.9. The molecule has 32 heavy (non-hydrogen) atoms. The molecule has 0 radical (unpaired) electrons. The minimum atomic E-state index is -0.594. The second-order valence-corrected chi connectivity index (χ2v) is 9.04. The van der Waals surface area contributed by atoms with Gasteiger partial charge in [-0.05, 0) is 54.7 Å². The summed E-state index contributed by atoms with van der Waals surface area (Å²) in [7, 11) is 0. The van der Waals surface area contributed by atoms with E-state index in [0.717, 1.165) is 23.4 Å². The average molecular weight is 433 g/mol. The first-order chi connectivity index (χ1) is 15.6. The molecule has 1 saturated carbocycles. The molecule has 0 bridgehead atoms. The number of nitrogens with zero attached hydrogens (tertiary/aromatic N) is 2. The lowest BCUT2D eigenvalue weighted by Gasteiger charge is -2.29. The normalized spacial score (nSPS) is 21.6. The monoisotopic (exact) mass is 432 g/mol. The number of carbonyl (C=O) groups excluding carboxylic acids is 3. The first kappa shape index (κ1) is 20.8. The second-order valence-electron chi connectivity index (χ2n) is 9.04. The maximum Gasteiger partial charge on any atom is 0.255 e. The minimum absolute atomic E-state index is 0.153. The highest BCUT2D eigenvalue weighted by molar-refractivity contribution is 6.05. The van der Waals surface area contributed by atoms with Gasteiger partial charge in [-0.2, -0.15) is 0 Å². The summed E-state index contributed by atoms with van der Waals surface area (Å²) in [6, 6.07) is 9.90. The molecule has 0 spiro atoms. The Morgan fingerprint density at radius 1 is 1.03 bits per heavy atom. The zero-order chi connectivity index (χ0) is 22.1. The predicted octanol–water partition coefficient (Wildman–Crippen LogP) is 2.93. The van der Waals surface area contributed by atoms with Gasteiger partial charge < -0.3 is 10.2 Å². The lowest BCUT2D eigenvalue weighted by Crippen LogP contribution is -2.52. The Balaban J connectivity index is 1.31. The van der Waals surface area contributed by atoms with Gasteiger partial charge in [0.25, 0.3) is 5.91 Å². The summed E-state index contributed by atoms with van der Waals surface area (Å²) in [4.78, 5) is 42.7. The van der Waals surface area contributed by atoms with Gasteiger partial charge >= 0.3 is 0 Å². The molecule has 7 nitrogen and oxygen atoms in total. The predicted molar refractivity (Wildman–Crippen MR) is 119 cm³/mol. The fourth-order valence-electron chi connectivity index (χ4n) is 5.04. The molecule has 2 aliphatic heterocycles. The van der Waals surface area contributed by atoms with Crippen LogP contribution in [-0.4, -0.2) is 39.7 Å². The Morgan fingerprint density at radius 3 is 2.69 bits per heavy atom. The van der Waals surface area contributed by atoms with E-state index in [2.05, 4.69) is 21.7 Å². The molecular weight excluding hydrogens is 404 g/mol. The van der Waals surface area contributed by atoms with Crippen LogP contribution in [0.25, 0.3) is 11.3 Å². The summed E-state index contributed by atoms with van der Waals surface area (Å²) in [5, 5.41) is 6.02. The van der Waals surface area contributed by atoms with Crippen LogP contribution in [0.1, 0.15) is 66.4 Å². The van der Waals surface area contributed by atoms with Gasteiger partial charge in [-0.1, -0.05) is 25.3 Å². The SMILES string of the molecule is O=C1CCC(N2Cc3cc(-c4cc(CNC5CCCCC5)ccn4)ccc3C2=O)C(=O)N1. The highest BCUT2D eigenvalue weighted by Crippen LogP contribution is 2.31. The van der Waals surface area contributed by atoms with Crippen LogP contribution in [0.3, 0.4) is 0 Å². The van der Waals surface area contributed by atoms with Gasteiger partial charge in [0.1, 0.15) is 6.04 Å². The molecule has 3 aliphatic rings. The van der Waals surface area contributed by atoms with E-state index in [0.29, 0.717) is 24.6 Å². The molecule has 2 fully saturated rings. The van der Waals surface area contributed by atoms with Gasteiger partial charge in [0.2, 0.25) is 11.8 Å². The number of amides is 3. The number of nitrogens with one attached hydrogen (secondary N) is 2. The van der Waals surface area contributed by atoms with E-state index in [1.807, 2.05) is 30.5 Å². The van der Waals surface area contributed by atoms with Crippen molar-refractivity contribution in [1.82, 2.24) is 20.5 Å². The van der Waals surface area contributed by atoms with Crippen LogP contribution < -0.4 is 10.6 Å². The number of rotatable bonds is 5. The van der Waals surface area contributed by atoms with Gasteiger partial charge in [-0.25, -0.2) is 0 Å². The molecule has 1 atom stereocenters. The largest absolute Gasteiger partial charge is 0.322 e. The first-order valence-electron chi connectivity index (χ1n) is 11.5. The van der Waals surface area contributed by atoms with E-state index < -0.39 is 6.04 Å². The molecule has 3 heterocycles. The Hall–Kier alpha value is -3.06. The van der Waals surface area contributed by atoms with E-state index in [9.17, 15) is 14.4 Å². The molecule has 2 aromatic rings. The molecular formula is C25H28N4O3. The van der Waals surface area contributed by atoms with Crippen molar-refractivity contribution in [1.29, 1.82) is 0 Å². The van der Waals surface area contributed by atoms with Crippen molar-refractivity contribution in [3.8, 4) is 11.3 Å². The summed E-state index contributed by atoms with van der Waals surface area (Å²) in [6.07, 6.45) is 8.93. The lowest BCUT2D eigenvalue weighted by atomic mass is 9.95. The first-order valence-corrected chi connectivity index (χ1v) is 11.5. The van der Waals surface area contributed by atoms with Gasteiger partial charge in [0.05, 0.1) is 5.69 Å². The molecule has 5 rings (SSSR count). The summed E-state index contributed by atoms with van der Waals surface area (Å²) in [6.45, 7) is 1.20. The molecule has 166 valence electrons. The summed E-state index contributed by atoms with van der Waals surface area (Å²) in [5.74, 6) is -0.816. The number of aromatic nitrogens is 1. The van der Waals surface area contributed by atoms with Crippen LogP contribution in [-0.2, 0) is 22.7 Å². The number of fused-ring (bicyclic) bond motifs is 1. The average Bonchev–Trinajstić information content (AvgIpc) is 3.14. The van der Waals surface area contributed by atoms with Gasteiger partial charge in [-0.15, -0.1) is 0 Å². The Morgan fingerprint density at radius 2 is 1.88 bits per heavy atom. The van der Waals surface area contributed by atoms with E-state index >= 15 is 0 Å². The van der Waals surface area contributed by atoms with Crippen molar-refractivity contribution in [3.05, 3.63) is 53.2 Å². The van der Waals surface area contributed by atoms with E-state index in [1.165, 1.54) is 37.7 Å². The highest BCUT2D eigenvalue weighted by Gasteiger charge is 2.39. The van der Waals surface area contributed by atoms with Crippen LogP contribution in [0, 0.1) is 0 Å². The Labute approximate surface area is 187 Å². The Kier molecular flexibility index (Phi) is 5.74. The molecule has 3 amide bonds. The molecule has 2 N–H and O–H groups in total. The van der Waals surface area contributed by atoms with E-state index in [-0.39, 0.29) is 24.1 Å². The van der Waals surface area contributed by atoms with E-state index in [1.54, 1.807) is 4.90 Å². The summed E-state index contributed by atoms with van der Waals surface area (Å²) in [5.41, 5.74) is 4.55. The third kappa shape index (κ3) is 4.17.